The summed E-state index contributed by atoms with van der Waals surface area (Å²) < 4.78 is 78.8. The summed E-state index contributed by atoms with van der Waals surface area (Å²) in [6.45, 7) is 0.117. The fourth-order valence-corrected chi connectivity index (χ4v) is 5.32. The van der Waals surface area contributed by atoms with E-state index in [4.69, 9.17) is 34.8 Å². The number of carbonyl (C=O) groups excluding carboxylic acids is 1. The summed E-state index contributed by atoms with van der Waals surface area (Å²) in [5.41, 5.74) is 2.19. The lowest BCUT2D eigenvalue weighted by atomic mass is 9.97. The van der Waals surface area contributed by atoms with Crippen molar-refractivity contribution in [2.24, 2.45) is 13.0 Å². The number of imidazole rings is 1. The molecule has 1 amide bonds. The van der Waals surface area contributed by atoms with Crippen molar-refractivity contribution in [2.75, 3.05) is 23.3 Å². The van der Waals surface area contributed by atoms with Gasteiger partial charge in [0.25, 0.3) is 0 Å². The van der Waals surface area contributed by atoms with Gasteiger partial charge >= 0.3 is 12.4 Å². The molecule has 1 atom stereocenters. The van der Waals surface area contributed by atoms with E-state index in [2.05, 4.69) is 15.6 Å². The molecule has 2 N–H and O–H groups in total. The van der Waals surface area contributed by atoms with Gasteiger partial charge < -0.3 is 20.1 Å². The van der Waals surface area contributed by atoms with Gasteiger partial charge in [-0.15, -0.1) is 0 Å². The van der Waals surface area contributed by atoms with Crippen molar-refractivity contribution in [3.05, 3.63) is 44.9 Å². The number of benzene rings is 2. The molecule has 0 saturated carbocycles. The number of anilines is 3. The van der Waals surface area contributed by atoms with Crippen molar-refractivity contribution in [1.82, 2.24) is 14.9 Å². The zero-order valence-corrected chi connectivity index (χ0v) is 23.3. The van der Waals surface area contributed by atoms with E-state index in [1.54, 1.807) is 28.6 Å². The number of rotatable bonds is 7. The average Bonchev–Trinajstić information content (AvgIpc) is 3.17. The zero-order valence-electron chi connectivity index (χ0n) is 21.0. The Morgan fingerprint density at radius 2 is 1.82 bits per heavy atom. The fourth-order valence-electron chi connectivity index (χ4n) is 4.51. The summed E-state index contributed by atoms with van der Waals surface area (Å²) in [7, 11) is 1.69. The van der Waals surface area contributed by atoms with Crippen LogP contribution >= 0.6 is 34.8 Å². The number of carbonyl (C=O) groups is 1. The monoisotopic (exact) mass is 629 g/mol. The summed E-state index contributed by atoms with van der Waals surface area (Å²) in [5.74, 6) is -1.93. The molecule has 1 fully saturated rings. The van der Waals surface area contributed by atoms with Crippen LogP contribution in [-0.4, -0.2) is 40.9 Å². The summed E-state index contributed by atoms with van der Waals surface area (Å²) >= 11 is 19.3. The van der Waals surface area contributed by atoms with Gasteiger partial charge in [0.05, 0.1) is 49.8 Å². The Balaban J connectivity index is 1.56. The second-order valence-electron chi connectivity index (χ2n) is 9.53. The number of nitrogens with one attached hydrogen (secondary N) is 2. The topological polar surface area (TPSA) is 62.2 Å². The molecule has 0 radical (unpaired) electrons. The Morgan fingerprint density at radius 1 is 1.10 bits per heavy atom. The van der Waals surface area contributed by atoms with Crippen molar-refractivity contribution in [3.8, 4) is 0 Å². The lowest BCUT2D eigenvalue weighted by Crippen LogP contribution is -2.41. The Morgan fingerprint density at radius 3 is 2.50 bits per heavy atom. The number of fused-ring (bicyclic) bond motifs is 1. The van der Waals surface area contributed by atoms with Gasteiger partial charge in [0.15, 0.2) is 0 Å². The SMILES string of the molecule is Cn1c(Nc2c(Cl)ccc(CNC(=O)CCC(F)(F)F)c2Cl)nc2cc(Cl)c(N3CCCC(C(F)(F)F)C3)cc21. The van der Waals surface area contributed by atoms with Crippen molar-refractivity contribution in [2.45, 2.75) is 44.6 Å². The molecule has 1 unspecified atom stereocenters. The highest BCUT2D eigenvalue weighted by Crippen LogP contribution is 2.40. The third kappa shape index (κ3) is 7.01. The Bertz CT molecular complexity index is 1410. The first kappa shape index (κ1) is 30.4. The summed E-state index contributed by atoms with van der Waals surface area (Å²) in [6.07, 6.45) is -10.2. The fraction of sp³-hybridized carbons (Fsp3) is 0.440. The molecule has 0 bridgehead atoms. The first-order chi connectivity index (χ1) is 18.6. The second kappa shape index (κ2) is 11.7. The van der Waals surface area contributed by atoms with E-state index < -0.39 is 37.0 Å². The lowest BCUT2D eigenvalue weighted by molar-refractivity contribution is -0.176. The quantitative estimate of drug-likeness (QED) is 0.260. The van der Waals surface area contributed by atoms with Crippen molar-refractivity contribution in [3.63, 3.8) is 0 Å². The minimum atomic E-state index is -4.44. The zero-order chi connectivity index (χ0) is 29.4. The molecule has 218 valence electrons. The van der Waals surface area contributed by atoms with Crippen LogP contribution in [0.3, 0.4) is 0 Å². The standard InChI is InChI=1S/C25H24Cl3F6N5O/c1-38-19-10-18(39-8-2-3-14(12-39)25(32,33)34)16(27)9-17(19)36-23(38)37-22-15(26)5-4-13(21(22)28)11-35-20(40)6-7-24(29,30)31/h4-5,9-10,14H,2-3,6-8,11-12H2,1H3,(H,35,40)(H,36,37). The molecule has 0 spiro atoms. The number of piperidine rings is 1. The molecule has 6 nitrogen and oxygen atoms in total. The van der Waals surface area contributed by atoms with Gasteiger partial charge in [0.2, 0.25) is 11.9 Å². The third-order valence-corrected chi connectivity index (χ3v) is 7.74. The van der Waals surface area contributed by atoms with Gasteiger partial charge in [-0.3, -0.25) is 4.79 Å². The molecule has 1 aliphatic rings. The van der Waals surface area contributed by atoms with Crippen molar-refractivity contribution in [1.29, 1.82) is 0 Å². The third-order valence-electron chi connectivity index (χ3n) is 6.69. The number of aryl methyl sites for hydroxylation is 1. The Hall–Kier alpha value is -2.57. The van der Waals surface area contributed by atoms with Gasteiger partial charge in [-0.05, 0) is 36.6 Å². The van der Waals surface area contributed by atoms with Crippen LogP contribution in [0.5, 0.6) is 0 Å². The van der Waals surface area contributed by atoms with Crippen LogP contribution in [0.4, 0.5) is 43.7 Å². The maximum atomic E-state index is 13.4. The predicted molar refractivity (Wildman–Crippen MR) is 144 cm³/mol. The van der Waals surface area contributed by atoms with E-state index in [0.717, 1.165) is 0 Å². The van der Waals surface area contributed by atoms with Crippen LogP contribution in [0, 0.1) is 5.92 Å². The van der Waals surface area contributed by atoms with Crippen LogP contribution in [0.1, 0.15) is 31.2 Å². The lowest BCUT2D eigenvalue weighted by Gasteiger charge is -2.35. The van der Waals surface area contributed by atoms with Gasteiger partial charge in [-0.25, -0.2) is 4.98 Å². The number of hydrogen-bond acceptors (Lipinski definition) is 4. The number of nitrogens with zero attached hydrogens (tertiary/aromatic N) is 3. The summed E-state index contributed by atoms with van der Waals surface area (Å²) in [6, 6.07) is 6.31. The molecule has 4 rings (SSSR count). The molecule has 1 aliphatic heterocycles. The van der Waals surface area contributed by atoms with E-state index in [-0.39, 0.29) is 40.3 Å². The van der Waals surface area contributed by atoms with Crippen LogP contribution in [0.2, 0.25) is 15.1 Å². The first-order valence-corrected chi connectivity index (χ1v) is 13.3. The first-order valence-electron chi connectivity index (χ1n) is 12.2. The predicted octanol–water partition coefficient (Wildman–Crippen LogP) is 8.01. The Kier molecular flexibility index (Phi) is 8.91. The van der Waals surface area contributed by atoms with Crippen LogP contribution in [0.25, 0.3) is 11.0 Å². The highest BCUT2D eigenvalue weighted by atomic mass is 35.5. The van der Waals surface area contributed by atoms with Crippen LogP contribution in [-0.2, 0) is 18.4 Å². The van der Waals surface area contributed by atoms with Gasteiger partial charge in [0, 0.05) is 33.1 Å². The number of halogens is 9. The molecule has 1 aromatic heterocycles. The second-order valence-corrected chi connectivity index (χ2v) is 10.7. The van der Waals surface area contributed by atoms with Crippen LogP contribution in [0.15, 0.2) is 24.3 Å². The maximum Gasteiger partial charge on any atom is 0.393 e. The van der Waals surface area contributed by atoms with E-state index in [1.807, 2.05) is 0 Å². The smallest absolute Gasteiger partial charge is 0.370 e. The van der Waals surface area contributed by atoms with E-state index >= 15 is 0 Å². The van der Waals surface area contributed by atoms with E-state index in [1.165, 1.54) is 12.1 Å². The molecular weight excluding hydrogens is 607 g/mol. The maximum absolute atomic E-state index is 13.4. The number of hydrogen-bond donors (Lipinski definition) is 2. The summed E-state index contributed by atoms with van der Waals surface area (Å²) in [5, 5.41) is 6.05. The number of amides is 1. The molecule has 15 heteroatoms. The summed E-state index contributed by atoms with van der Waals surface area (Å²) in [4.78, 5) is 18.0. The average molecular weight is 631 g/mol. The minimum Gasteiger partial charge on any atom is -0.370 e. The highest BCUT2D eigenvalue weighted by Gasteiger charge is 2.42. The van der Waals surface area contributed by atoms with Gasteiger partial charge in [-0.2, -0.15) is 26.3 Å². The molecule has 0 aliphatic carbocycles. The van der Waals surface area contributed by atoms with Crippen molar-refractivity contribution >= 4 is 69.1 Å². The van der Waals surface area contributed by atoms with Gasteiger partial charge in [-0.1, -0.05) is 40.9 Å². The largest absolute Gasteiger partial charge is 0.393 e. The number of aromatic nitrogens is 2. The molecule has 1 saturated heterocycles. The van der Waals surface area contributed by atoms with Crippen LogP contribution < -0.4 is 15.5 Å². The van der Waals surface area contributed by atoms with Crippen molar-refractivity contribution < 1.29 is 31.1 Å². The highest BCUT2D eigenvalue weighted by molar-refractivity contribution is 6.39. The Labute approximate surface area is 240 Å². The molecule has 2 aromatic carbocycles. The molecule has 3 aromatic rings. The van der Waals surface area contributed by atoms with Gasteiger partial charge in [0.1, 0.15) is 0 Å². The number of alkyl halides is 6. The van der Waals surface area contributed by atoms with E-state index in [9.17, 15) is 31.1 Å². The molecule has 2 heterocycles. The minimum absolute atomic E-state index is 0.0669. The van der Waals surface area contributed by atoms with E-state index in [0.29, 0.717) is 41.2 Å². The molecule has 40 heavy (non-hydrogen) atoms. The normalized spacial score (nSPS) is 16.4. The molecular formula is C25H24Cl3F6N5O.